The Hall–Kier alpha value is -5.82. The van der Waals surface area contributed by atoms with Crippen molar-refractivity contribution in [3.05, 3.63) is 137 Å². The van der Waals surface area contributed by atoms with Crippen LogP contribution in [-0.4, -0.2) is 72.5 Å². The van der Waals surface area contributed by atoms with Gasteiger partial charge in [0, 0.05) is 37.7 Å². The van der Waals surface area contributed by atoms with Gasteiger partial charge in [-0.05, 0) is 122 Å². The number of amides is 1. The number of carbonyl (C=O) groups excluding carboxylic acids is 1. The van der Waals surface area contributed by atoms with E-state index in [0.29, 0.717) is 41.6 Å². The summed E-state index contributed by atoms with van der Waals surface area (Å²) < 4.78 is 38.1. The van der Waals surface area contributed by atoms with Gasteiger partial charge in [0.05, 0.1) is 25.3 Å². The zero-order valence-electron chi connectivity index (χ0n) is 37.1. The van der Waals surface area contributed by atoms with Crippen LogP contribution in [0.2, 0.25) is 0 Å². The van der Waals surface area contributed by atoms with Crippen molar-refractivity contribution < 1.29 is 48.3 Å². The summed E-state index contributed by atoms with van der Waals surface area (Å²) in [5, 5.41) is 24.9. The van der Waals surface area contributed by atoms with E-state index >= 15 is 0 Å². The van der Waals surface area contributed by atoms with E-state index in [4.69, 9.17) is 38.4 Å². The highest BCUT2D eigenvalue weighted by Gasteiger charge is 2.65. The first-order valence-electron chi connectivity index (χ1n) is 22.5. The van der Waals surface area contributed by atoms with Gasteiger partial charge < -0.3 is 43.5 Å². The van der Waals surface area contributed by atoms with Gasteiger partial charge in [0.15, 0.2) is 11.5 Å². The normalized spacial score (nSPS) is 23.3. The number of rotatable bonds is 19. The molecule has 4 aromatic carbocycles. The van der Waals surface area contributed by atoms with E-state index in [0.717, 1.165) is 59.3 Å². The number of hydrogen-bond acceptors (Lipinski definition) is 11. The Bertz CT molecular complexity index is 2330. The number of aliphatic hydroxyl groups excluding tert-OH is 2. The van der Waals surface area contributed by atoms with Gasteiger partial charge in [0.2, 0.25) is 12.6 Å². The maximum Gasteiger partial charge on any atom is 0.410 e. The quantitative estimate of drug-likeness (QED) is 0.0532. The minimum atomic E-state index is -1.47. The molecule has 2 aliphatic carbocycles. The molecule has 2 aliphatic heterocycles. The molecule has 8 rings (SSSR count). The number of allylic oxidation sites excluding steroid dienone is 1. The second-order valence-electron chi connectivity index (χ2n) is 17.2. The van der Waals surface area contributed by atoms with Crippen LogP contribution >= 0.6 is 0 Å². The van der Waals surface area contributed by atoms with E-state index in [9.17, 15) is 15.0 Å². The molecule has 1 saturated carbocycles. The Kier molecular flexibility index (Phi) is 14.2. The fourth-order valence-electron chi connectivity index (χ4n) is 10.0. The van der Waals surface area contributed by atoms with Crippen LogP contribution in [0.5, 0.6) is 28.7 Å². The number of hydrogen-bond donors (Lipinski definition) is 2. The van der Waals surface area contributed by atoms with Gasteiger partial charge in [-0.3, -0.25) is 4.90 Å². The van der Waals surface area contributed by atoms with Gasteiger partial charge in [-0.15, -0.1) is 6.58 Å². The fourth-order valence-corrected chi connectivity index (χ4v) is 10.0. The van der Waals surface area contributed by atoms with Gasteiger partial charge in [0.1, 0.15) is 29.9 Å². The third-order valence-electron chi connectivity index (χ3n) is 13.2. The summed E-state index contributed by atoms with van der Waals surface area (Å²) in [5.74, 6) is 1.14. The van der Waals surface area contributed by atoms with Gasteiger partial charge >= 0.3 is 6.09 Å². The first-order chi connectivity index (χ1) is 31.3. The number of methoxy groups -OCH3 is 1. The molecule has 2 N–H and O–H groups in total. The molecule has 338 valence electrons. The fraction of sp³-hybridized carbons (Fsp3) is 0.423. The van der Waals surface area contributed by atoms with Gasteiger partial charge in [-0.1, -0.05) is 72.6 Å². The summed E-state index contributed by atoms with van der Waals surface area (Å²) in [7, 11) is 1.38. The Balaban J connectivity index is 1.32. The average molecular weight is 873 g/mol. The van der Waals surface area contributed by atoms with Crippen molar-refractivity contribution in [3.8, 4) is 28.7 Å². The van der Waals surface area contributed by atoms with Gasteiger partial charge in [-0.25, -0.2) is 4.79 Å². The first kappa shape index (κ1) is 44.8. The zero-order valence-corrected chi connectivity index (χ0v) is 37.1. The minimum absolute atomic E-state index is 0.0379. The molecule has 6 unspecified atom stereocenters. The maximum absolute atomic E-state index is 14.4. The molecule has 4 aromatic rings. The number of fused-ring (bicyclic) bond motifs is 3. The smallest absolute Gasteiger partial charge is 0.410 e. The van der Waals surface area contributed by atoms with Crippen molar-refractivity contribution in [2.24, 2.45) is 22.9 Å². The Morgan fingerprint density at radius 1 is 0.875 bits per heavy atom. The second-order valence-corrected chi connectivity index (χ2v) is 17.2. The van der Waals surface area contributed by atoms with Crippen molar-refractivity contribution in [3.63, 3.8) is 0 Å². The lowest BCUT2D eigenvalue weighted by atomic mass is 9.55. The number of ether oxygens (including phenoxy) is 6. The number of aryl methyl sites for hydroxylation is 2. The third kappa shape index (κ3) is 9.36. The minimum Gasteiger partial charge on any atom is -0.459 e. The second kappa shape index (κ2) is 20.3. The molecule has 12 heteroatoms. The predicted octanol–water partition coefficient (Wildman–Crippen LogP) is 9.93. The van der Waals surface area contributed by atoms with Crippen LogP contribution in [0.1, 0.15) is 78.7 Å². The number of nitrogens with zero attached hydrogens (tertiary/aromatic N) is 2. The van der Waals surface area contributed by atoms with Crippen LogP contribution in [-0.2, 0) is 27.5 Å². The third-order valence-corrected chi connectivity index (χ3v) is 13.2. The number of unbranched alkanes of at least 4 members (excludes halogenated alkanes) is 2. The lowest BCUT2D eigenvalue weighted by Gasteiger charge is -2.59. The van der Waals surface area contributed by atoms with Gasteiger partial charge in [0.25, 0.3) is 0 Å². The highest BCUT2D eigenvalue weighted by molar-refractivity contribution is 6.03. The number of carbonyl (C=O) groups is 1. The van der Waals surface area contributed by atoms with E-state index in [1.165, 1.54) is 12.7 Å². The summed E-state index contributed by atoms with van der Waals surface area (Å²) in [6.45, 7) is 9.01. The van der Waals surface area contributed by atoms with Crippen molar-refractivity contribution >= 4 is 11.8 Å². The number of aliphatic hydroxyl groups is 2. The van der Waals surface area contributed by atoms with E-state index in [-0.39, 0.29) is 63.9 Å². The first-order valence-corrected chi connectivity index (χ1v) is 22.5. The van der Waals surface area contributed by atoms with Crippen LogP contribution in [0.4, 0.5) is 4.79 Å². The molecule has 64 heavy (non-hydrogen) atoms. The molecule has 0 saturated heterocycles. The van der Waals surface area contributed by atoms with Gasteiger partial charge in [-0.2, -0.15) is 0 Å². The molecule has 0 radical (unpaired) electrons. The van der Waals surface area contributed by atoms with Crippen LogP contribution in [0, 0.1) is 31.6 Å². The lowest BCUT2D eigenvalue weighted by Crippen LogP contribution is -2.70. The molecular weight excluding hydrogens is 813 g/mol. The zero-order chi connectivity index (χ0) is 44.6. The standard InChI is InChI=1S/C52H60N2O10/c1-5-25-61-52-48(54(51(57)58-4)31-37-18-21-46-47(27-37)60-33-59-46)30-44(53-62-32-36-13-7-6-8-14-36)42-28-38(15-9-11-23-55)41(16-10-12-24-56)49(50(42)52)43-29-40(20-22-45(43)64-52)63-39-19-17-34(2)35(3)26-39/h5-8,13-14,17-22,26-29,38,41,48-50,55-56H,1,9-12,15-16,23-25,30-33H2,2-4H3. The van der Waals surface area contributed by atoms with Crippen LogP contribution in [0.3, 0.4) is 0 Å². The highest BCUT2D eigenvalue weighted by Crippen LogP contribution is 2.62. The number of benzene rings is 4. The molecule has 12 nitrogen and oxygen atoms in total. The van der Waals surface area contributed by atoms with Crippen LogP contribution in [0.25, 0.3) is 0 Å². The Morgan fingerprint density at radius 3 is 2.39 bits per heavy atom. The van der Waals surface area contributed by atoms with E-state index < -0.39 is 23.8 Å². The summed E-state index contributed by atoms with van der Waals surface area (Å²) in [6.07, 6.45) is 8.25. The SMILES string of the molecule is C=CCOC12Oc3ccc(Oc4ccc(C)c(C)c4)cc3C3C(CCCCO)C(CCCCO)C=C(C(=NOCc4ccccc4)CC1N(Cc1ccc4c(c1)OCO4)C(=O)OC)C32. The molecule has 4 aliphatic rings. The van der Waals surface area contributed by atoms with Crippen molar-refractivity contribution in [1.29, 1.82) is 0 Å². The largest absolute Gasteiger partial charge is 0.459 e. The molecule has 0 bridgehead atoms. The summed E-state index contributed by atoms with van der Waals surface area (Å²) in [5.41, 5.74) is 6.65. The Labute approximate surface area is 376 Å². The molecular formula is C52H60N2O10. The van der Waals surface area contributed by atoms with E-state index in [1.54, 1.807) is 11.0 Å². The van der Waals surface area contributed by atoms with Crippen molar-refractivity contribution in [1.82, 2.24) is 4.90 Å². The monoisotopic (exact) mass is 872 g/mol. The molecule has 2 heterocycles. The molecule has 0 spiro atoms. The van der Waals surface area contributed by atoms with E-state index in [1.807, 2.05) is 72.8 Å². The molecule has 1 fully saturated rings. The molecule has 6 atom stereocenters. The summed E-state index contributed by atoms with van der Waals surface area (Å²) >= 11 is 0. The Morgan fingerprint density at radius 2 is 1.62 bits per heavy atom. The average Bonchev–Trinajstić information content (AvgIpc) is 3.78. The van der Waals surface area contributed by atoms with Crippen molar-refractivity contribution in [2.45, 2.75) is 89.7 Å². The van der Waals surface area contributed by atoms with Crippen LogP contribution < -0.4 is 18.9 Å². The summed E-state index contributed by atoms with van der Waals surface area (Å²) in [4.78, 5) is 22.3. The van der Waals surface area contributed by atoms with Crippen LogP contribution in [0.15, 0.2) is 114 Å². The molecule has 1 amide bonds. The predicted molar refractivity (Wildman–Crippen MR) is 243 cm³/mol. The highest BCUT2D eigenvalue weighted by atomic mass is 16.7. The topological polar surface area (TPSA) is 138 Å². The molecule has 0 aromatic heterocycles. The maximum atomic E-state index is 14.4. The summed E-state index contributed by atoms with van der Waals surface area (Å²) in [6, 6.07) is 26.8. The van der Waals surface area contributed by atoms with Crippen molar-refractivity contribution in [2.75, 3.05) is 33.7 Å². The lowest BCUT2D eigenvalue weighted by molar-refractivity contribution is -0.256. The number of oxime groups is 1. The van der Waals surface area contributed by atoms with E-state index in [2.05, 4.69) is 38.6 Å².